The first-order chi connectivity index (χ1) is 13.0. The first-order valence-electron chi connectivity index (χ1n) is 8.96. The summed E-state index contributed by atoms with van der Waals surface area (Å²) in [4.78, 5) is 13.1. The van der Waals surface area contributed by atoms with Crippen LogP contribution >= 0.6 is 0 Å². The highest BCUT2D eigenvalue weighted by molar-refractivity contribution is 6.07. The van der Waals surface area contributed by atoms with Crippen LogP contribution in [-0.4, -0.2) is 59.2 Å². The van der Waals surface area contributed by atoms with Gasteiger partial charge in [0.15, 0.2) is 0 Å². The third-order valence-electron chi connectivity index (χ3n) is 4.75. The van der Waals surface area contributed by atoms with E-state index in [2.05, 4.69) is 33.9 Å². The number of nitrogens with zero attached hydrogens (tertiary/aromatic N) is 4. The Bertz CT molecular complexity index is 850. The third kappa shape index (κ3) is 4.62. The summed E-state index contributed by atoms with van der Waals surface area (Å²) in [6.07, 6.45) is 6.12. The van der Waals surface area contributed by atoms with Crippen LogP contribution in [0.5, 0.6) is 11.5 Å². The molecule has 0 radical (unpaired) electrons. The minimum atomic E-state index is 0.452. The van der Waals surface area contributed by atoms with Gasteiger partial charge in [0.05, 0.1) is 11.4 Å². The van der Waals surface area contributed by atoms with Gasteiger partial charge in [-0.05, 0) is 45.1 Å². The van der Waals surface area contributed by atoms with E-state index in [1.54, 1.807) is 24.4 Å². The first-order valence-corrected chi connectivity index (χ1v) is 8.96. The summed E-state index contributed by atoms with van der Waals surface area (Å²) in [6, 6.07) is 7.58. The lowest BCUT2D eigenvalue weighted by atomic mass is 10.1. The molecule has 1 unspecified atom stereocenters. The van der Waals surface area contributed by atoms with E-state index in [-0.39, 0.29) is 0 Å². The Morgan fingerprint density at radius 3 is 2.89 bits per heavy atom. The molecule has 2 aromatic rings. The molecule has 1 fully saturated rings. The highest BCUT2D eigenvalue weighted by Gasteiger charge is 2.22. The molecule has 142 valence electrons. The summed E-state index contributed by atoms with van der Waals surface area (Å²) in [5, 5.41) is 7.82. The lowest BCUT2D eigenvalue weighted by Crippen LogP contribution is -2.30. The maximum atomic E-state index is 7.82. The molecule has 0 aromatic carbocycles. The summed E-state index contributed by atoms with van der Waals surface area (Å²) in [6.45, 7) is 3.97. The van der Waals surface area contributed by atoms with Gasteiger partial charge in [-0.2, -0.15) is 0 Å². The maximum absolute atomic E-state index is 7.82. The van der Waals surface area contributed by atoms with E-state index in [0.29, 0.717) is 29.1 Å². The van der Waals surface area contributed by atoms with Crippen LogP contribution in [0.1, 0.15) is 17.8 Å². The van der Waals surface area contributed by atoms with Crippen LogP contribution in [0, 0.1) is 12.3 Å². The Balaban J connectivity index is 1.80. The summed E-state index contributed by atoms with van der Waals surface area (Å²) in [7, 11) is 4.18. The molecule has 1 saturated heterocycles. The lowest BCUT2D eigenvalue weighted by Gasteiger charge is -2.23. The number of hydrogen-bond donors (Lipinski definition) is 2. The SMILES string of the molecule is Cc1nc(N)ccc1Oc1ccnc(/C(C=N)=C/N(C)C2CCN(C)C2)c1. The third-order valence-corrected chi connectivity index (χ3v) is 4.75. The summed E-state index contributed by atoms with van der Waals surface area (Å²) < 4.78 is 5.94. The second-order valence-electron chi connectivity index (χ2n) is 6.90. The molecule has 0 bridgehead atoms. The summed E-state index contributed by atoms with van der Waals surface area (Å²) in [5.74, 6) is 1.75. The predicted molar refractivity (Wildman–Crippen MR) is 108 cm³/mol. The summed E-state index contributed by atoms with van der Waals surface area (Å²) >= 11 is 0. The van der Waals surface area contributed by atoms with Gasteiger partial charge in [0.2, 0.25) is 0 Å². The van der Waals surface area contributed by atoms with Gasteiger partial charge in [-0.15, -0.1) is 0 Å². The average Bonchev–Trinajstić information content (AvgIpc) is 3.09. The molecule has 3 N–H and O–H groups in total. The number of nitrogens with one attached hydrogen (secondary N) is 1. The van der Waals surface area contributed by atoms with Crippen molar-refractivity contribution in [2.24, 2.45) is 0 Å². The zero-order chi connectivity index (χ0) is 19.4. The predicted octanol–water partition coefficient (Wildman–Crippen LogP) is 2.79. The van der Waals surface area contributed by atoms with Crippen LogP contribution < -0.4 is 10.5 Å². The lowest BCUT2D eigenvalue weighted by molar-refractivity contribution is 0.318. The zero-order valence-electron chi connectivity index (χ0n) is 16.0. The molecule has 3 heterocycles. The van der Waals surface area contributed by atoms with Crippen LogP contribution in [0.3, 0.4) is 0 Å². The topological polar surface area (TPSA) is 91.4 Å². The number of likely N-dealkylation sites (N-methyl/N-ethyl adjacent to an activating group) is 2. The second kappa shape index (κ2) is 8.18. The van der Waals surface area contributed by atoms with Crippen molar-refractivity contribution >= 4 is 17.6 Å². The Morgan fingerprint density at radius 2 is 2.22 bits per heavy atom. The van der Waals surface area contributed by atoms with Crippen molar-refractivity contribution in [3.63, 3.8) is 0 Å². The van der Waals surface area contributed by atoms with Crippen LogP contribution in [0.4, 0.5) is 5.82 Å². The van der Waals surface area contributed by atoms with Gasteiger partial charge in [0, 0.05) is 49.9 Å². The van der Waals surface area contributed by atoms with Crippen molar-refractivity contribution in [1.82, 2.24) is 19.8 Å². The van der Waals surface area contributed by atoms with Gasteiger partial charge in [-0.1, -0.05) is 0 Å². The molecular formula is C20H26N6O. The van der Waals surface area contributed by atoms with E-state index < -0.39 is 0 Å². The van der Waals surface area contributed by atoms with Gasteiger partial charge in [-0.25, -0.2) is 4.98 Å². The minimum absolute atomic E-state index is 0.452. The van der Waals surface area contributed by atoms with Gasteiger partial charge in [0.25, 0.3) is 0 Å². The van der Waals surface area contributed by atoms with E-state index in [4.69, 9.17) is 15.9 Å². The molecule has 0 saturated carbocycles. The van der Waals surface area contributed by atoms with Crippen LogP contribution in [0.15, 0.2) is 36.7 Å². The van der Waals surface area contributed by atoms with Gasteiger partial charge < -0.3 is 25.7 Å². The van der Waals surface area contributed by atoms with Gasteiger partial charge in [0.1, 0.15) is 17.3 Å². The first kappa shape index (κ1) is 18.8. The van der Waals surface area contributed by atoms with Gasteiger partial charge in [-0.3, -0.25) is 4.98 Å². The van der Waals surface area contributed by atoms with Crippen molar-refractivity contribution in [2.45, 2.75) is 19.4 Å². The number of ether oxygens (including phenoxy) is 1. The molecule has 1 aliphatic heterocycles. The average molecular weight is 366 g/mol. The molecule has 7 heteroatoms. The molecule has 0 aliphatic carbocycles. The monoisotopic (exact) mass is 366 g/mol. The molecular weight excluding hydrogens is 340 g/mol. The maximum Gasteiger partial charge on any atom is 0.148 e. The molecule has 7 nitrogen and oxygen atoms in total. The molecule has 0 spiro atoms. The molecule has 1 atom stereocenters. The fraction of sp³-hybridized carbons (Fsp3) is 0.350. The van der Waals surface area contributed by atoms with E-state index in [9.17, 15) is 0 Å². The largest absolute Gasteiger partial charge is 0.455 e. The molecule has 0 amide bonds. The Labute approximate surface area is 160 Å². The van der Waals surface area contributed by atoms with E-state index in [1.165, 1.54) is 6.21 Å². The fourth-order valence-corrected chi connectivity index (χ4v) is 3.18. The van der Waals surface area contributed by atoms with Gasteiger partial charge >= 0.3 is 0 Å². The van der Waals surface area contributed by atoms with E-state index in [1.807, 2.05) is 19.2 Å². The van der Waals surface area contributed by atoms with E-state index >= 15 is 0 Å². The normalized spacial score (nSPS) is 17.7. The number of anilines is 1. The number of pyridine rings is 2. The number of hydrogen-bond acceptors (Lipinski definition) is 7. The number of nitrogens with two attached hydrogens (primary N) is 1. The van der Waals surface area contributed by atoms with Crippen LogP contribution in [-0.2, 0) is 0 Å². The number of rotatable bonds is 6. The molecule has 1 aliphatic rings. The van der Waals surface area contributed by atoms with Crippen molar-refractivity contribution in [2.75, 3.05) is 32.9 Å². The van der Waals surface area contributed by atoms with Crippen molar-refractivity contribution in [3.05, 3.63) is 48.1 Å². The molecule has 3 rings (SSSR count). The fourth-order valence-electron chi connectivity index (χ4n) is 3.18. The Hall–Kier alpha value is -2.93. The number of likely N-dealkylation sites (tertiary alicyclic amines) is 1. The number of aromatic nitrogens is 2. The van der Waals surface area contributed by atoms with Crippen LogP contribution in [0.2, 0.25) is 0 Å². The van der Waals surface area contributed by atoms with Crippen molar-refractivity contribution in [3.8, 4) is 11.5 Å². The molecule has 27 heavy (non-hydrogen) atoms. The number of allylic oxidation sites excluding steroid dienone is 1. The second-order valence-corrected chi connectivity index (χ2v) is 6.90. The summed E-state index contributed by atoms with van der Waals surface area (Å²) in [5.41, 5.74) is 7.85. The zero-order valence-corrected chi connectivity index (χ0v) is 16.0. The Morgan fingerprint density at radius 1 is 1.41 bits per heavy atom. The minimum Gasteiger partial charge on any atom is -0.455 e. The number of aryl methyl sites for hydroxylation is 1. The standard InChI is InChI=1S/C20H26N6O/c1-14-19(4-5-20(22)24-14)27-17-6-8-23-18(10-17)15(11-21)12-26(3)16-7-9-25(2)13-16/h4-6,8,10-12,16,21H,7,9,13H2,1-3H3,(H2,22,24)/b15-12+,21-11?. The smallest absolute Gasteiger partial charge is 0.148 e. The molecule has 2 aromatic heterocycles. The quantitative estimate of drug-likeness (QED) is 0.764. The van der Waals surface area contributed by atoms with Crippen LogP contribution in [0.25, 0.3) is 5.57 Å². The van der Waals surface area contributed by atoms with E-state index in [0.717, 1.165) is 30.8 Å². The highest BCUT2D eigenvalue weighted by atomic mass is 16.5. The number of nitrogen functional groups attached to an aromatic ring is 1. The van der Waals surface area contributed by atoms with Crippen molar-refractivity contribution in [1.29, 1.82) is 5.41 Å². The van der Waals surface area contributed by atoms with Crippen molar-refractivity contribution < 1.29 is 4.74 Å². The highest BCUT2D eigenvalue weighted by Crippen LogP contribution is 2.26. The Kier molecular flexibility index (Phi) is 5.71.